The molecule has 1 aliphatic rings. The molecular formula is C19H20BrFN4O2. The van der Waals surface area contributed by atoms with E-state index in [0.717, 1.165) is 4.47 Å². The highest BCUT2D eigenvalue weighted by atomic mass is 79.9. The van der Waals surface area contributed by atoms with Gasteiger partial charge in [0.05, 0.1) is 10.7 Å². The molecule has 0 bridgehead atoms. The molecule has 0 aliphatic carbocycles. The predicted molar refractivity (Wildman–Crippen MR) is 104 cm³/mol. The minimum absolute atomic E-state index is 0.00720. The van der Waals surface area contributed by atoms with Crippen LogP contribution in [0.25, 0.3) is 11.8 Å². The summed E-state index contributed by atoms with van der Waals surface area (Å²) in [5.74, 6) is -0.840. The van der Waals surface area contributed by atoms with Gasteiger partial charge in [0, 0.05) is 25.4 Å². The maximum atomic E-state index is 14.4. The van der Waals surface area contributed by atoms with Crippen molar-refractivity contribution in [2.75, 3.05) is 13.1 Å². The van der Waals surface area contributed by atoms with E-state index in [0.29, 0.717) is 24.3 Å². The number of rotatable bonds is 4. The lowest BCUT2D eigenvalue weighted by Crippen LogP contribution is -2.58. The highest BCUT2D eigenvalue weighted by molar-refractivity contribution is 9.10. The minimum atomic E-state index is -0.492. The first-order chi connectivity index (χ1) is 12.9. The third-order valence-corrected chi connectivity index (χ3v) is 4.77. The van der Waals surface area contributed by atoms with E-state index in [2.05, 4.69) is 26.3 Å². The molecule has 0 saturated carbocycles. The summed E-state index contributed by atoms with van der Waals surface area (Å²) in [4.78, 5) is 26.2. The summed E-state index contributed by atoms with van der Waals surface area (Å²) < 4.78 is 16.6. The monoisotopic (exact) mass is 434 g/mol. The van der Waals surface area contributed by atoms with Gasteiger partial charge in [-0.25, -0.2) is 9.07 Å². The molecule has 0 spiro atoms. The van der Waals surface area contributed by atoms with E-state index >= 15 is 0 Å². The molecule has 2 aromatic rings. The van der Waals surface area contributed by atoms with Crippen LogP contribution in [0.5, 0.6) is 0 Å². The quantitative estimate of drug-likeness (QED) is 0.752. The molecule has 1 unspecified atom stereocenters. The topological polar surface area (TPSA) is 67.2 Å². The second kappa shape index (κ2) is 8.04. The lowest BCUT2D eigenvalue weighted by atomic mass is 9.99. The van der Waals surface area contributed by atoms with E-state index in [1.54, 1.807) is 35.5 Å². The smallest absolute Gasteiger partial charge is 0.247 e. The van der Waals surface area contributed by atoms with Gasteiger partial charge in [-0.15, -0.1) is 0 Å². The number of benzene rings is 1. The van der Waals surface area contributed by atoms with Crippen LogP contribution in [0, 0.1) is 11.7 Å². The molecule has 1 saturated heterocycles. The van der Waals surface area contributed by atoms with Crippen molar-refractivity contribution in [3.05, 3.63) is 52.5 Å². The molecule has 1 aromatic carbocycles. The van der Waals surface area contributed by atoms with Crippen molar-refractivity contribution in [1.29, 1.82) is 0 Å². The summed E-state index contributed by atoms with van der Waals surface area (Å²) >= 11 is 3.28. The van der Waals surface area contributed by atoms with Gasteiger partial charge in [0.1, 0.15) is 17.5 Å². The number of halogens is 2. The number of hydrogen-bond donors (Lipinski definition) is 1. The van der Waals surface area contributed by atoms with Crippen molar-refractivity contribution in [2.45, 2.75) is 19.9 Å². The van der Waals surface area contributed by atoms with Gasteiger partial charge in [-0.1, -0.05) is 19.9 Å². The molecule has 8 heteroatoms. The molecule has 2 heterocycles. The zero-order chi connectivity index (χ0) is 19.6. The Morgan fingerprint density at radius 1 is 1.44 bits per heavy atom. The summed E-state index contributed by atoms with van der Waals surface area (Å²) in [6.07, 6.45) is 6.17. The maximum Gasteiger partial charge on any atom is 0.247 e. The first kappa shape index (κ1) is 19.3. The number of hydrogen-bond acceptors (Lipinski definition) is 3. The number of carbonyl (C=O) groups excluding carboxylic acids is 2. The summed E-state index contributed by atoms with van der Waals surface area (Å²) in [5.41, 5.74) is 0.870. The van der Waals surface area contributed by atoms with Gasteiger partial charge in [0.15, 0.2) is 0 Å². The zero-order valence-corrected chi connectivity index (χ0v) is 16.6. The van der Waals surface area contributed by atoms with Gasteiger partial charge in [-0.3, -0.25) is 9.59 Å². The van der Waals surface area contributed by atoms with E-state index < -0.39 is 11.9 Å². The minimum Gasteiger partial charge on any atom is -0.353 e. The second-order valence-electron chi connectivity index (χ2n) is 6.66. The standard InChI is InChI=1S/C19H20BrFN4O2/c1-12(2)18-19(27)22-7-8-24(18)17(26)6-4-13-3-5-16(15(21)9-13)25-11-14(20)10-23-25/h3-6,9-12,18H,7-8H2,1-2H3,(H,22,27)/b6-4+. The lowest BCUT2D eigenvalue weighted by Gasteiger charge is -2.36. The number of aromatic nitrogens is 2. The van der Waals surface area contributed by atoms with Crippen LogP contribution < -0.4 is 5.32 Å². The Kier molecular flexibility index (Phi) is 5.74. The second-order valence-corrected chi connectivity index (χ2v) is 7.57. The molecule has 27 heavy (non-hydrogen) atoms. The van der Waals surface area contributed by atoms with Crippen molar-refractivity contribution in [1.82, 2.24) is 20.0 Å². The summed E-state index contributed by atoms with van der Waals surface area (Å²) in [7, 11) is 0. The third-order valence-electron chi connectivity index (χ3n) is 4.36. The van der Waals surface area contributed by atoms with E-state index in [4.69, 9.17) is 0 Å². The van der Waals surface area contributed by atoms with Crippen LogP contribution in [-0.2, 0) is 9.59 Å². The van der Waals surface area contributed by atoms with Crippen molar-refractivity contribution < 1.29 is 14.0 Å². The fraction of sp³-hybridized carbons (Fsp3) is 0.316. The normalized spacial score (nSPS) is 17.6. The molecule has 1 atom stereocenters. The number of nitrogens with one attached hydrogen (secondary N) is 1. The first-order valence-corrected chi connectivity index (χ1v) is 9.42. The fourth-order valence-electron chi connectivity index (χ4n) is 3.10. The van der Waals surface area contributed by atoms with E-state index in [1.807, 2.05) is 13.8 Å². The van der Waals surface area contributed by atoms with Crippen molar-refractivity contribution >= 4 is 33.8 Å². The van der Waals surface area contributed by atoms with Crippen LogP contribution in [0.15, 0.2) is 41.1 Å². The maximum absolute atomic E-state index is 14.4. The molecule has 1 N–H and O–H groups in total. The summed E-state index contributed by atoms with van der Waals surface area (Å²) in [6.45, 7) is 4.70. The van der Waals surface area contributed by atoms with Crippen LogP contribution in [0.3, 0.4) is 0 Å². The Balaban J connectivity index is 1.76. The lowest BCUT2D eigenvalue weighted by molar-refractivity contribution is -0.141. The highest BCUT2D eigenvalue weighted by Gasteiger charge is 2.34. The molecule has 2 amide bonds. The molecule has 1 aliphatic heterocycles. The highest BCUT2D eigenvalue weighted by Crippen LogP contribution is 2.19. The van der Waals surface area contributed by atoms with Gasteiger partial charge in [0.2, 0.25) is 11.8 Å². The molecular weight excluding hydrogens is 415 g/mol. The Hall–Kier alpha value is -2.48. The molecule has 3 rings (SSSR count). The van der Waals surface area contributed by atoms with Gasteiger partial charge in [-0.05, 0) is 45.6 Å². The Labute approximate surface area is 165 Å². The Morgan fingerprint density at radius 3 is 2.85 bits per heavy atom. The average molecular weight is 435 g/mol. The molecule has 1 fully saturated rings. The van der Waals surface area contributed by atoms with Crippen LogP contribution in [0.2, 0.25) is 0 Å². The van der Waals surface area contributed by atoms with Crippen LogP contribution in [0.1, 0.15) is 19.4 Å². The van der Waals surface area contributed by atoms with Crippen molar-refractivity contribution in [3.8, 4) is 5.69 Å². The number of amides is 2. The van der Waals surface area contributed by atoms with Gasteiger partial charge in [-0.2, -0.15) is 5.10 Å². The van der Waals surface area contributed by atoms with Crippen LogP contribution in [0.4, 0.5) is 4.39 Å². The largest absolute Gasteiger partial charge is 0.353 e. The van der Waals surface area contributed by atoms with Gasteiger partial charge in [0.25, 0.3) is 0 Å². The summed E-state index contributed by atoms with van der Waals surface area (Å²) in [6, 6.07) is 4.16. The molecule has 6 nitrogen and oxygen atoms in total. The van der Waals surface area contributed by atoms with E-state index in [9.17, 15) is 14.0 Å². The van der Waals surface area contributed by atoms with Crippen molar-refractivity contribution in [3.63, 3.8) is 0 Å². The first-order valence-electron chi connectivity index (χ1n) is 8.63. The number of piperazine rings is 1. The Morgan fingerprint density at radius 2 is 2.22 bits per heavy atom. The predicted octanol–water partition coefficient (Wildman–Crippen LogP) is 2.77. The number of nitrogens with zero attached hydrogens (tertiary/aromatic N) is 3. The van der Waals surface area contributed by atoms with Gasteiger partial charge < -0.3 is 10.2 Å². The molecule has 1 aromatic heterocycles. The number of carbonyl (C=O) groups is 2. The molecule has 142 valence electrons. The fourth-order valence-corrected chi connectivity index (χ4v) is 3.39. The zero-order valence-electron chi connectivity index (χ0n) is 15.0. The average Bonchev–Trinajstić information content (AvgIpc) is 3.05. The SMILES string of the molecule is CC(C)C1C(=O)NCCN1C(=O)/C=C/c1ccc(-n2cc(Br)cn2)c(F)c1. The third kappa shape index (κ3) is 4.27. The molecule has 0 radical (unpaired) electrons. The summed E-state index contributed by atoms with van der Waals surface area (Å²) in [5, 5.41) is 6.84. The van der Waals surface area contributed by atoms with Gasteiger partial charge >= 0.3 is 0 Å². The van der Waals surface area contributed by atoms with E-state index in [1.165, 1.54) is 16.8 Å². The Bertz CT molecular complexity index is 894. The van der Waals surface area contributed by atoms with Crippen LogP contribution in [-0.4, -0.2) is 45.6 Å². The van der Waals surface area contributed by atoms with E-state index in [-0.39, 0.29) is 17.7 Å². The van der Waals surface area contributed by atoms with Crippen molar-refractivity contribution in [2.24, 2.45) is 5.92 Å². The van der Waals surface area contributed by atoms with Crippen LogP contribution >= 0.6 is 15.9 Å².